The van der Waals surface area contributed by atoms with Gasteiger partial charge in [0.15, 0.2) is 0 Å². The van der Waals surface area contributed by atoms with Gasteiger partial charge < -0.3 is 5.32 Å². The van der Waals surface area contributed by atoms with E-state index in [9.17, 15) is 4.79 Å². The molecule has 0 spiro atoms. The smallest absolute Gasteiger partial charge is 0.150 e. The zero-order valence-electron chi connectivity index (χ0n) is 10.3. The molecule has 2 aliphatic carbocycles. The fraction of sp³-hybridized carbons (Fsp3) is 0.923. The summed E-state index contributed by atoms with van der Waals surface area (Å²) in [5.41, 5.74) is -0.162. The standard InChI is InChI=1S/C13H23NO/c1-8(2)5-10-7-13(14-4,9(3)15)12-6-11(10)12/h8,10-12,14H,5-7H2,1-4H3. The van der Waals surface area contributed by atoms with E-state index in [2.05, 4.69) is 19.2 Å². The van der Waals surface area contributed by atoms with Gasteiger partial charge in [0.25, 0.3) is 0 Å². The average molecular weight is 209 g/mol. The molecule has 0 aliphatic heterocycles. The first-order chi connectivity index (χ1) is 7.01. The molecule has 0 aromatic carbocycles. The summed E-state index contributed by atoms with van der Waals surface area (Å²) in [7, 11) is 1.95. The number of rotatable bonds is 4. The second-order valence-electron chi connectivity index (χ2n) is 5.88. The van der Waals surface area contributed by atoms with Crippen LogP contribution in [0.4, 0.5) is 0 Å². The normalized spacial score (nSPS) is 43.1. The molecule has 0 radical (unpaired) electrons. The summed E-state index contributed by atoms with van der Waals surface area (Å²) in [4.78, 5) is 11.8. The number of nitrogens with one attached hydrogen (secondary N) is 1. The number of Topliss-reactive ketones (excluding diaryl/α,β-unsaturated/α-hetero) is 1. The van der Waals surface area contributed by atoms with Crippen LogP contribution in [0, 0.1) is 23.7 Å². The van der Waals surface area contributed by atoms with E-state index in [4.69, 9.17) is 0 Å². The van der Waals surface area contributed by atoms with Crippen molar-refractivity contribution < 1.29 is 4.79 Å². The molecule has 4 unspecified atom stereocenters. The summed E-state index contributed by atoms with van der Waals surface area (Å²) in [5, 5.41) is 3.32. The minimum atomic E-state index is -0.162. The average Bonchev–Trinajstić information content (AvgIpc) is 2.86. The van der Waals surface area contributed by atoms with Crippen LogP contribution in [-0.4, -0.2) is 18.4 Å². The first kappa shape index (κ1) is 11.1. The first-order valence-corrected chi connectivity index (χ1v) is 6.21. The summed E-state index contributed by atoms with van der Waals surface area (Å²) in [5.74, 6) is 3.37. The molecule has 2 heteroatoms. The van der Waals surface area contributed by atoms with Crippen LogP contribution in [0.15, 0.2) is 0 Å². The third kappa shape index (κ3) is 1.63. The largest absolute Gasteiger partial charge is 0.308 e. The molecule has 0 aromatic heterocycles. The van der Waals surface area contributed by atoms with Crippen molar-refractivity contribution in [3.63, 3.8) is 0 Å². The van der Waals surface area contributed by atoms with Crippen LogP contribution < -0.4 is 5.32 Å². The van der Waals surface area contributed by atoms with Crippen molar-refractivity contribution in [2.75, 3.05) is 7.05 Å². The van der Waals surface area contributed by atoms with Crippen molar-refractivity contribution in [3.05, 3.63) is 0 Å². The number of hydrogen-bond acceptors (Lipinski definition) is 2. The Morgan fingerprint density at radius 2 is 2.20 bits per heavy atom. The zero-order valence-corrected chi connectivity index (χ0v) is 10.3. The molecule has 2 fully saturated rings. The van der Waals surface area contributed by atoms with Gasteiger partial charge >= 0.3 is 0 Å². The number of ketones is 1. The zero-order chi connectivity index (χ0) is 11.2. The fourth-order valence-electron chi connectivity index (χ4n) is 3.75. The maximum Gasteiger partial charge on any atom is 0.150 e. The van der Waals surface area contributed by atoms with E-state index in [0.29, 0.717) is 11.7 Å². The SMILES string of the molecule is CNC1(C(C)=O)CC(CC(C)C)C2CC21. The molecule has 4 atom stereocenters. The van der Waals surface area contributed by atoms with Crippen molar-refractivity contribution in [1.29, 1.82) is 0 Å². The van der Waals surface area contributed by atoms with Crippen LogP contribution in [0.25, 0.3) is 0 Å². The lowest BCUT2D eigenvalue weighted by Gasteiger charge is -2.29. The van der Waals surface area contributed by atoms with Crippen LogP contribution >= 0.6 is 0 Å². The lowest BCUT2D eigenvalue weighted by molar-refractivity contribution is -0.123. The van der Waals surface area contributed by atoms with Crippen LogP contribution in [0.1, 0.15) is 40.0 Å². The quantitative estimate of drug-likeness (QED) is 0.769. The third-order valence-corrected chi connectivity index (χ3v) is 4.51. The highest BCUT2D eigenvalue weighted by atomic mass is 16.1. The lowest BCUT2D eigenvalue weighted by Crippen LogP contribution is -2.50. The van der Waals surface area contributed by atoms with E-state index in [1.54, 1.807) is 6.92 Å². The number of likely N-dealkylation sites (N-methyl/N-ethyl adjacent to an activating group) is 1. The predicted octanol–water partition coefficient (Wildman–Crippen LogP) is 2.24. The second-order valence-corrected chi connectivity index (χ2v) is 5.88. The maximum absolute atomic E-state index is 11.8. The molecular weight excluding hydrogens is 186 g/mol. The third-order valence-electron chi connectivity index (χ3n) is 4.51. The fourth-order valence-corrected chi connectivity index (χ4v) is 3.75. The number of hydrogen-bond donors (Lipinski definition) is 1. The Hall–Kier alpha value is -0.370. The molecule has 0 aromatic rings. The van der Waals surface area contributed by atoms with E-state index in [-0.39, 0.29) is 5.54 Å². The van der Waals surface area contributed by atoms with Gasteiger partial charge in [0, 0.05) is 0 Å². The van der Waals surface area contributed by atoms with Crippen molar-refractivity contribution in [1.82, 2.24) is 5.32 Å². The molecule has 2 saturated carbocycles. The predicted molar refractivity (Wildman–Crippen MR) is 61.6 cm³/mol. The highest BCUT2D eigenvalue weighted by Crippen LogP contribution is 2.62. The van der Waals surface area contributed by atoms with Crippen molar-refractivity contribution >= 4 is 5.78 Å². The summed E-state index contributed by atoms with van der Waals surface area (Å²) >= 11 is 0. The van der Waals surface area contributed by atoms with Crippen molar-refractivity contribution in [2.24, 2.45) is 23.7 Å². The first-order valence-electron chi connectivity index (χ1n) is 6.21. The topological polar surface area (TPSA) is 29.1 Å². The molecule has 2 aliphatic rings. The summed E-state index contributed by atoms with van der Waals surface area (Å²) in [6.07, 6.45) is 3.64. The van der Waals surface area contributed by atoms with Gasteiger partial charge in [-0.2, -0.15) is 0 Å². The van der Waals surface area contributed by atoms with E-state index in [1.807, 2.05) is 7.05 Å². The molecule has 0 saturated heterocycles. The molecule has 15 heavy (non-hydrogen) atoms. The Bertz CT molecular complexity index is 274. The van der Waals surface area contributed by atoms with Crippen LogP contribution in [0.2, 0.25) is 0 Å². The molecule has 0 bridgehead atoms. The number of fused-ring (bicyclic) bond motifs is 1. The Balaban J connectivity index is 2.10. The highest BCUT2D eigenvalue weighted by molar-refractivity contribution is 5.87. The van der Waals surface area contributed by atoms with Gasteiger partial charge in [0.2, 0.25) is 0 Å². The molecule has 2 rings (SSSR count). The Morgan fingerprint density at radius 1 is 1.53 bits per heavy atom. The Morgan fingerprint density at radius 3 is 2.60 bits per heavy atom. The minimum absolute atomic E-state index is 0.162. The highest BCUT2D eigenvalue weighted by Gasteiger charge is 2.63. The van der Waals surface area contributed by atoms with Gasteiger partial charge in [-0.05, 0) is 56.9 Å². The van der Waals surface area contributed by atoms with E-state index in [0.717, 1.165) is 24.2 Å². The van der Waals surface area contributed by atoms with Gasteiger partial charge in [-0.1, -0.05) is 13.8 Å². The maximum atomic E-state index is 11.8. The van der Waals surface area contributed by atoms with Crippen LogP contribution in [0.5, 0.6) is 0 Å². The van der Waals surface area contributed by atoms with Gasteiger partial charge in [-0.25, -0.2) is 0 Å². The van der Waals surface area contributed by atoms with Crippen LogP contribution in [0.3, 0.4) is 0 Å². The van der Waals surface area contributed by atoms with Gasteiger partial charge in [0.05, 0.1) is 5.54 Å². The van der Waals surface area contributed by atoms with E-state index < -0.39 is 0 Å². The van der Waals surface area contributed by atoms with Crippen molar-refractivity contribution in [3.8, 4) is 0 Å². The lowest BCUT2D eigenvalue weighted by atomic mass is 9.84. The van der Waals surface area contributed by atoms with Gasteiger partial charge in [-0.3, -0.25) is 4.79 Å². The molecule has 0 heterocycles. The van der Waals surface area contributed by atoms with E-state index >= 15 is 0 Å². The summed E-state index contributed by atoms with van der Waals surface area (Å²) in [6.45, 7) is 6.32. The van der Waals surface area contributed by atoms with Gasteiger partial charge in [-0.15, -0.1) is 0 Å². The van der Waals surface area contributed by atoms with E-state index in [1.165, 1.54) is 12.8 Å². The monoisotopic (exact) mass is 209 g/mol. The molecule has 0 amide bonds. The molecule has 2 nitrogen and oxygen atoms in total. The molecule has 1 N–H and O–H groups in total. The molecule has 86 valence electrons. The molecular formula is C13H23NO. The summed E-state index contributed by atoms with van der Waals surface area (Å²) in [6, 6.07) is 0. The second kappa shape index (κ2) is 3.58. The number of carbonyl (C=O) groups is 1. The Kier molecular flexibility index (Phi) is 2.66. The Labute approximate surface area is 92.8 Å². The summed E-state index contributed by atoms with van der Waals surface area (Å²) < 4.78 is 0. The minimum Gasteiger partial charge on any atom is -0.308 e. The number of carbonyl (C=O) groups excluding carboxylic acids is 1. The van der Waals surface area contributed by atoms with Gasteiger partial charge in [0.1, 0.15) is 5.78 Å². The van der Waals surface area contributed by atoms with Crippen molar-refractivity contribution in [2.45, 2.75) is 45.6 Å². The van der Waals surface area contributed by atoms with Crippen LogP contribution in [-0.2, 0) is 4.79 Å².